The number of hydrogen-bond donors (Lipinski definition) is 3. The van der Waals surface area contributed by atoms with E-state index in [4.69, 9.17) is 16.7 Å². The molecule has 3 aromatic carbocycles. The second-order valence-corrected chi connectivity index (χ2v) is 8.51. The van der Waals surface area contributed by atoms with Crippen LogP contribution in [0.1, 0.15) is 26.3 Å². The number of carbonyl (C=O) groups is 2. The minimum atomic E-state index is -4.17. The number of para-hydroxylation sites is 1. The second-order valence-electron chi connectivity index (χ2n) is 6.42. The van der Waals surface area contributed by atoms with Crippen molar-refractivity contribution in [3.05, 3.63) is 88.4 Å². The van der Waals surface area contributed by atoms with Gasteiger partial charge in [0.25, 0.3) is 15.9 Å². The van der Waals surface area contributed by atoms with Gasteiger partial charge in [0, 0.05) is 5.69 Å². The van der Waals surface area contributed by atoms with Crippen molar-refractivity contribution in [1.29, 1.82) is 0 Å². The molecule has 3 aromatic rings. The number of nitrogens with one attached hydrogen (secondary N) is 2. The SMILES string of the molecule is Cc1cccc(NC(=O)c2ccccc2NS(=O)(=O)c2ccc(Cl)c(C(=O)O)c2)c1. The van der Waals surface area contributed by atoms with Gasteiger partial charge in [-0.15, -0.1) is 0 Å². The molecule has 7 nitrogen and oxygen atoms in total. The maximum atomic E-state index is 12.8. The lowest BCUT2D eigenvalue weighted by Gasteiger charge is -2.13. The van der Waals surface area contributed by atoms with Crippen LogP contribution in [0.2, 0.25) is 5.02 Å². The summed E-state index contributed by atoms with van der Waals surface area (Å²) in [5.74, 6) is -1.85. The number of benzene rings is 3. The number of rotatable bonds is 6. The first-order valence-electron chi connectivity index (χ1n) is 8.70. The normalized spacial score (nSPS) is 11.0. The van der Waals surface area contributed by atoms with Gasteiger partial charge in [-0.25, -0.2) is 13.2 Å². The number of anilines is 2. The fourth-order valence-electron chi connectivity index (χ4n) is 2.73. The lowest BCUT2D eigenvalue weighted by Crippen LogP contribution is -2.19. The van der Waals surface area contributed by atoms with E-state index >= 15 is 0 Å². The molecule has 0 spiro atoms. The third-order valence-electron chi connectivity index (χ3n) is 4.17. The predicted octanol–water partition coefficient (Wildman–Crippen LogP) is 4.40. The molecule has 0 aromatic heterocycles. The summed E-state index contributed by atoms with van der Waals surface area (Å²) >= 11 is 5.81. The van der Waals surface area contributed by atoms with Crippen LogP contribution < -0.4 is 10.0 Å². The zero-order chi connectivity index (χ0) is 21.9. The highest BCUT2D eigenvalue weighted by Crippen LogP contribution is 2.25. The van der Waals surface area contributed by atoms with E-state index in [0.717, 1.165) is 11.6 Å². The van der Waals surface area contributed by atoms with Crippen LogP contribution in [0, 0.1) is 6.92 Å². The van der Waals surface area contributed by atoms with Gasteiger partial charge in [-0.1, -0.05) is 35.9 Å². The third-order valence-corrected chi connectivity index (χ3v) is 5.86. The Bertz CT molecular complexity index is 1240. The van der Waals surface area contributed by atoms with Crippen molar-refractivity contribution < 1.29 is 23.1 Å². The maximum Gasteiger partial charge on any atom is 0.337 e. The number of carboxylic acids is 1. The summed E-state index contributed by atoms with van der Waals surface area (Å²) in [7, 11) is -4.17. The van der Waals surface area contributed by atoms with Gasteiger partial charge in [-0.2, -0.15) is 0 Å². The predicted molar refractivity (Wildman–Crippen MR) is 115 cm³/mol. The molecule has 0 unspecified atom stereocenters. The Morgan fingerprint density at radius 3 is 2.37 bits per heavy atom. The number of sulfonamides is 1. The van der Waals surface area contributed by atoms with Gasteiger partial charge in [0.1, 0.15) is 0 Å². The van der Waals surface area contributed by atoms with Crippen LogP contribution in [0.4, 0.5) is 11.4 Å². The van der Waals surface area contributed by atoms with Crippen molar-refractivity contribution >= 4 is 44.9 Å². The highest BCUT2D eigenvalue weighted by atomic mass is 35.5. The molecule has 0 aliphatic heterocycles. The van der Waals surface area contributed by atoms with Gasteiger partial charge < -0.3 is 10.4 Å². The maximum absolute atomic E-state index is 12.8. The number of amides is 1. The largest absolute Gasteiger partial charge is 0.478 e. The second kappa shape index (κ2) is 8.56. The van der Waals surface area contributed by atoms with E-state index in [1.165, 1.54) is 24.3 Å². The van der Waals surface area contributed by atoms with Gasteiger partial charge in [-0.05, 0) is 55.0 Å². The minimum absolute atomic E-state index is 0.0504. The van der Waals surface area contributed by atoms with E-state index < -0.39 is 21.9 Å². The molecule has 9 heteroatoms. The smallest absolute Gasteiger partial charge is 0.337 e. The van der Waals surface area contributed by atoms with Gasteiger partial charge in [0.2, 0.25) is 0 Å². The number of carbonyl (C=O) groups excluding carboxylic acids is 1. The Hall–Kier alpha value is -3.36. The van der Waals surface area contributed by atoms with E-state index in [1.54, 1.807) is 30.3 Å². The first-order valence-corrected chi connectivity index (χ1v) is 10.6. The van der Waals surface area contributed by atoms with Crippen LogP contribution in [-0.4, -0.2) is 25.4 Å². The number of hydrogen-bond acceptors (Lipinski definition) is 4. The third kappa shape index (κ3) is 4.79. The number of halogens is 1. The molecule has 154 valence electrons. The molecular weight excluding hydrogens is 428 g/mol. The molecule has 1 amide bonds. The summed E-state index contributed by atoms with van der Waals surface area (Å²) < 4.78 is 27.9. The fraction of sp³-hybridized carbons (Fsp3) is 0.0476. The molecule has 0 saturated carbocycles. The van der Waals surface area contributed by atoms with Crippen molar-refractivity contribution in [2.75, 3.05) is 10.0 Å². The van der Waals surface area contributed by atoms with E-state index in [2.05, 4.69) is 10.0 Å². The van der Waals surface area contributed by atoms with Gasteiger partial charge in [0.15, 0.2) is 0 Å². The van der Waals surface area contributed by atoms with Crippen molar-refractivity contribution in [1.82, 2.24) is 0 Å². The molecule has 0 bridgehead atoms. The van der Waals surface area contributed by atoms with Crippen molar-refractivity contribution in [3.63, 3.8) is 0 Å². The Labute approximate surface area is 178 Å². The first-order chi connectivity index (χ1) is 14.2. The van der Waals surface area contributed by atoms with Crippen LogP contribution >= 0.6 is 11.6 Å². The molecule has 0 radical (unpaired) electrons. The summed E-state index contributed by atoms with van der Waals surface area (Å²) in [4.78, 5) is 23.7. The molecule has 0 atom stereocenters. The average molecular weight is 445 g/mol. The number of aromatic carboxylic acids is 1. The van der Waals surface area contributed by atoms with E-state index in [9.17, 15) is 18.0 Å². The summed E-state index contributed by atoms with van der Waals surface area (Å²) in [6.07, 6.45) is 0. The van der Waals surface area contributed by atoms with E-state index in [0.29, 0.717) is 5.69 Å². The number of aryl methyl sites for hydroxylation is 1. The Morgan fingerprint density at radius 1 is 0.933 bits per heavy atom. The molecular formula is C21H17ClN2O5S. The number of carboxylic acid groups (broad SMARTS) is 1. The quantitative estimate of drug-likeness (QED) is 0.521. The molecule has 3 N–H and O–H groups in total. The van der Waals surface area contributed by atoms with Crippen molar-refractivity contribution in [2.45, 2.75) is 11.8 Å². The Morgan fingerprint density at radius 2 is 1.67 bits per heavy atom. The Balaban J connectivity index is 1.91. The minimum Gasteiger partial charge on any atom is -0.478 e. The van der Waals surface area contributed by atoms with Crippen LogP contribution in [0.3, 0.4) is 0 Å². The fourth-order valence-corrected chi connectivity index (χ4v) is 4.03. The van der Waals surface area contributed by atoms with E-state index in [-0.39, 0.29) is 26.7 Å². The zero-order valence-corrected chi connectivity index (χ0v) is 17.3. The molecule has 0 fully saturated rings. The summed E-state index contributed by atoms with van der Waals surface area (Å²) in [5, 5.41) is 11.8. The van der Waals surface area contributed by atoms with Gasteiger partial charge >= 0.3 is 5.97 Å². The summed E-state index contributed by atoms with van der Waals surface area (Å²) in [5.41, 5.74) is 1.34. The van der Waals surface area contributed by atoms with Gasteiger partial charge in [-0.3, -0.25) is 9.52 Å². The molecule has 0 aliphatic rings. The van der Waals surface area contributed by atoms with Crippen LogP contribution in [0.15, 0.2) is 71.6 Å². The topological polar surface area (TPSA) is 113 Å². The Kier molecular flexibility index (Phi) is 6.09. The monoisotopic (exact) mass is 444 g/mol. The van der Waals surface area contributed by atoms with Crippen molar-refractivity contribution in [2.24, 2.45) is 0 Å². The summed E-state index contributed by atoms with van der Waals surface area (Å²) in [6.45, 7) is 1.88. The lowest BCUT2D eigenvalue weighted by molar-refractivity contribution is 0.0696. The van der Waals surface area contributed by atoms with Gasteiger partial charge in [0.05, 0.1) is 26.7 Å². The standard InChI is InChI=1S/C21H17ClN2O5S/c1-13-5-4-6-14(11-13)23-20(25)16-7-2-3-8-19(16)24-30(28,29)15-9-10-18(22)17(12-15)21(26)27/h2-12,24H,1H3,(H,23,25)(H,26,27). The van der Waals surface area contributed by atoms with E-state index in [1.807, 2.05) is 13.0 Å². The molecule has 3 rings (SSSR count). The molecule has 0 saturated heterocycles. The first kappa shape index (κ1) is 21.4. The molecule has 0 heterocycles. The highest BCUT2D eigenvalue weighted by Gasteiger charge is 2.21. The molecule has 30 heavy (non-hydrogen) atoms. The van der Waals surface area contributed by atoms with Crippen LogP contribution in [-0.2, 0) is 10.0 Å². The van der Waals surface area contributed by atoms with Crippen LogP contribution in [0.5, 0.6) is 0 Å². The highest BCUT2D eigenvalue weighted by molar-refractivity contribution is 7.92. The average Bonchev–Trinajstić information content (AvgIpc) is 2.68. The zero-order valence-electron chi connectivity index (χ0n) is 15.7. The lowest BCUT2D eigenvalue weighted by atomic mass is 10.1. The van der Waals surface area contributed by atoms with Crippen LogP contribution in [0.25, 0.3) is 0 Å². The molecule has 0 aliphatic carbocycles. The van der Waals surface area contributed by atoms with Crippen molar-refractivity contribution in [3.8, 4) is 0 Å². The summed E-state index contributed by atoms with van der Waals surface area (Å²) in [6, 6.07) is 16.6.